The van der Waals surface area contributed by atoms with E-state index in [1.165, 1.54) is 5.56 Å². The van der Waals surface area contributed by atoms with Gasteiger partial charge in [0.15, 0.2) is 0 Å². The summed E-state index contributed by atoms with van der Waals surface area (Å²) in [6.07, 6.45) is 3.75. The second-order valence-corrected chi connectivity index (χ2v) is 4.69. The minimum Gasteiger partial charge on any atom is -0.497 e. The summed E-state index contributed by atoms with van der Waals surface area (Å²) in [4.78, 5) is 0. The third-order valence-corrected chi connectivity index (χ3v) is 3.36. The van der Waals surface area contributed by atoms with Crippen LogP contribution in [-0.2, 0) is 6.54 Å². The first-order chi connectivity index (χ1) is 10.3. The molecular weight excluding hydrogens is 262 g/mol. The summed E-state index contributed by atoms with van der Waals surface area (Å²) in [6.45, 7) is 5.34. The van der Waals surface area contributed by atoms with Gasteiger partial charge in [0.25, 0.3) is 0 Å². The molecule has 108 valence electrons. The van der Waals surface area contributed by atoms with E-state index in [0.29, 0.717) is 5.69 Å². The zero-order chi connectivity index (χ0) is 15.1. The highest BCUT2D eigenvalue weighted by atomic mass is 16.5. The van der Waals surface area contributed by atoms with Crippen LogP contribution in [0, 0.1) is 11.3 Å². The third kappa shape index (κ3) is 3.74. The molecule has 0 saturated carbocycles. The van der Waals surface area contributed by atoms with Crippen LogP contribution in [0.25, 0.3) is 0 Å². The van der Waals surface area contributed by atoms with Crippen LogP contribution in [0.15, 0.2) is 55.3 Å². The van der Waals surface area contributed by atoms with Gasteiger partial charge in [0, 0.05) is 19.3 Å². The van der Waals surface area contributed by atoms with Gasteiger partial charge in [-0.1, -0.05) is 18.2 Å². The number of hydrogen-bond acceptors (Lipinski definition) is 3. The number of hydrogen-bond donors (Lipinski definition) is 1. The molecule has 0 aliphatic carbocycles. The topological polar surface area (TPSA) is 50.0 Å². The molecule has 0 unspecified atom stereocenters. The minimum absolute atomic E-state index is 0.0629. The summed E-state index contributed by atoms with van der Waals surface area (Å²) in [6, 6.07) is 13.9. The van der Waals surface area contributed by atoms with E-state index in [4.69, 9.17) is 10.00 Å². The lowest BCUT2D eigenvalue weighted by molar-refractivity contribution is 0.414. The lowest BCUT2D eigenvalue weighted by Crippen LogP contribution is -2.24. The van der Waals surface area contributed by atoms with E-state index in [2.05, 4.69) is 18.0 Å². The standard InChI is InChI=1S/C17H19N3O/c1-3-15(20-10-4-5-16(20)11-18)13-19-12-14-6-8-17(21-2)9-7-14/h3-10,15,19H,1,12-13H2,2H3/t15-/m0/s1. The summed E-state index contributed by atoms with van der Waals surface area (Å²) < 4.78 is 7.06. The van der Waals surface area contributed by atoms with Crippen molar-refractivity contribution in [3.8, 4) is 11.8 Å². The molecule has 4 nitrogen and oxygen atoms in total. The third-order valence-electron chi connectivity index (χ3n) is 3.36. The van der Waals surface area contributed by atoms with E-state index in [-0.39, 0.29) is 6.04 Å². The van der Waals surface area contributed by atoms with Gasteiger partial charge in [0.05, 0.1) is 13.2 Å². The highest BCUT2D eigenvalue weighted by Crippen LogP contribution is 2.13. The highest BCUT2D eigenvalue weighted by Gasteiger charge is 2.09. The largest absolute Gasteiger partial charge is 0.497 e. The lowest BCUT2D eigenvalue weighted by Gasteiger charge is -2.17. The molecule has 0 fully saturated rings. The van der Waals surface area contributed by atoms with Crippen LogP contribution in [0.4, 0.5) is 0 Å². The smallest absolute Gasteiger partial charge is 0.120 e. The first-order valence-corrected chi connectivity index (χ1v) is 6.81. The molecule has 0 saturated heterocycles. The Morgan fingerprint density at radius 3 is 2.76 bits per heavy atom. The molecule has 1 atom stereocenters. The number of aromatic nitrogens is 1. The van der Waals surface area contributed by atoms with Crippen LogP contribution >= 0.6 is 0 Å². The Bertz CT molecular complexity index is 622. The van der Waals surface area contributed by atoms with Crippen LogP contribution in [0.2, 0.25) is 0 Å². The monoisotopic (exact) mass is 281 g/mol. The Labute approximate surface area is 125 Å². The maximum Gasteiger partial charge on any atom is 0.120 e. The van der Waals surface area contributed by atoms with Crippen molar-refractivity contribution in [2.24, 2.45) is 0 Å². The average molecular weight is 281 g/mol. The van der Waals surface area contributed by atoms with E-state index < -0.39 is 0 Å². The van der Waals surface area contributed by atoms with Gasteiger partial charge < -0.3 is 14.6 Å². The van der Waals surface area contributed by atoms with Crippen LogP contribution in [0.3, 0.4) is 0 Å². The van der Waals surface area contributed by atoms with E-state index in [9.17, 15) is 0 Å². The van der Waals surface area contributed by atoms with E-state index in [1.54, 1.807) is 13.2 Å². The van der Waals surface area contributed by atoms with Gasteiger partial charge in [-0.05, 0) is 29.8 Å². The molecule has 1 aromatic heterocycles. The van der Waals surface area contributed by atoms with Crippen molar-refractivity contribution in [2.45, 2.75) is 12.6 Å². The summed E-state index contributed by atoms with van der Waals surface area (Å²) in [5.74, 6) is 0.855. The number of nitrogens with one attached hydrogen (secondary N) is 1. The molecule has 0 spiro atoms. The maximum absolute atomic E-state index is 9.07. The molecule has 0 radical (unpaired) electrons. The second-order valence-electron chi connectivity index (χ2n) is 4.69. The van der Waals surface area contributed by atoms with E-state index in [0.717, 1.165) is 18.8 Å². The Kier molecular flexibility index (Phi) is 5.19. The maximum atomic E-state index is 9.07. The molecule has 4 heteroatoms. The zero-order valence-electron chi connectivity index (χ0n) is 12.1. The van der Waals surface area contributed by atoms with Crippen LogP contribution in [-0.4, -0.2) is 18.2 Å². The molecule has 0 bridgehead atoms. The van der Waals surface area contributed by atoms with Crippen molar-refractivity contribution >= 4 is 0 Å². The number of benzene rings is 1. The number of ether oxygens (including phenoxy) is 1. The first-order valence-electron chi connectivity index (χ1n) is 6.81. The Hall–Kier alpha value is -2.51. The second kappa shape index (κ2) is 7.32. The van der Waals surface area contributed by atoms with Crippen molar-refractivity contribution in [1.82, 2.24) is 9.88 Å². The van der Waals surface area contributed by atoms with Crippen molar-refractivity contribution in [2.75, 3.05) is 13.7 Å². The molecule has 2 rings (SSSR count). The first kappa shape index (κ1) is 14.9. The van der Waals surface area contributed by atoms with Crippen molar-refractivity contribution < 1.29 is 4.74 Å². The SMILES string of the molecule is C=C[C@@H](CNCc1ccc(OC)cc1)n1cccc1C#N. The van der Waals surface area contributed by atoms with Gasteiger partial charge in [-0.2, -0.15) is 5.26 Å². The van der Waals surface area contributed by atoms with Crippen molar-refractivity contribution in [3.05, 3.63) is 66.5 Å². The lowest BCUT2D eigenvalue weighted by atomic mass is 10.2. The van der Waals surface area contributed by atoms with Crippen LogP contribution < -0.4 is 10.1 Å². The molecule has 0 aliphatic rings. The van der Waals surface area contributed by atoms with E-state index in [1.807, 2.05) is 47.2 Å². The molecular formula is C17H19N3O. The molecule has 0 amide bonds. The summed E-state index contributed by atoms with van der Waals surface area (Å²) in [5.41, 5.74) is 1.83. The fourth-order valence-corrected chi connectivity index (χ4v) is 2.18. The summed E-state index contributed by atoms with van der Waals surface area (Å²) in [7, 11) is 1.66. The van der Waals surface area contributed by atoms with E-state index >= 15 is 0 Å². The predicted molar refractivity (Wildman–Crippen MR) is 83.1 cm³/mol. The number of rotatable bonds is 7. The molecule has 1 N–H and O–H groups in total. The van der Waals surface area contributed by atoms with Gasteiger partial charge in [-0.15, -0.1) is 6.58 Å². The molecule has 0 aliphatic heterocycles. The fourth-order valence-electron chi connectivity index (χ4n) is 2.18. The van der Waals surface area contributed by atoms with Gasteiger partial charge >= 0.3 is 0 Å². The summed E-state index contributed by atoms with van der Waals surface area (Å²) in [5, 5.41) is 12.5. The quantitative estimate of drug-likeness (QED) is 0.794. The molecule has 1 heterocycles. The van der Waals surface area contributed by atoms with Gasteiger partial charge in [-0.3, -0.25) is 0 Å². The van der Waals surface area contributed by atoms with Gasteiger partial charge in [0.2, 0.25) is 0 Å². The normalized spacial score (nSPS) is 11.6. The fraction of sp³-hybridized carbons (Fsp3) is 0.235. The van der Waals surface area contributed by atoms with Crippen LogP contribution in [0.5, 0.6) is 5.75 Å². The minimum atomic E-state index is 0.0629. The number of methoxy groups -OCH3 is 1. The predicted octanol–water partition coefficient (Wildman–Crippen LogP) is 2.89. The van der Waals surface area contributed by atoms with Crippen molar-refractivity contribution in [1.29, 1.82) is 5.26 Å². The molecule has 2 aromatic rings. The number of nitrogens with zero attached hydrogens (tertiary/aromatic N) is 2. The summed E-state index contributed by atoms with van der Waals surface area (Å²) >= 11 is 0. The number of nitriles is 1. The Morgan fingerprint density at radius 2 is 2.14 bits per heavy atom. The van der Waals surface area contributed by atoms with Crippen molar-refractivity contribution in [3.63, 3.8) is 0 Å². The molecule has 1 aromatic carbocycles. The Morgan fingerprint density at radius 1 is 1.38 bits per heavy atom. The zero-order valence-corrected chi connectivity index (χ0v) is 12.1. The highest BCUT2D eigenvalue weighted by molar-refractivity contribution is 5.27. The Balaban J connectivity index is 1.91. The van der Waals surface area contributed by atoms with Crippen LogP contribution in [0.1, 0.15) is 17.3 Å². The average Bonchev–Trinajstić information content (AvgIpc) is 3.00. The van der Waals surface area contributed by atoms with Gasteiger partial charge in [0.1, 0.15) is 17.5 Å². The molecule has 21 heavy (non-hydrogen) atoms. The van der Waals surface area contributed by atoms with Gasteiger partial charge in [-0.25, -0.2) is 0 Å².